The lowest BCUT2D eigenvalue weighted by atomic mass is 9.94. The zero-order chi connectivity index (χ0) is 18.4. The molecular weight excluding hydrogens is 383 g/mol. The predicted octanol–water partition coefficient (Wildman–Crippen LogP) is 6.07. The summed E-state index contributed by atoms with van der Waals surface area (Å²) in [6.07, 6.45) is 1.22. The molecule has 0 heterocycles. The van der Waals surface area contributed by atoms with E-state index in [-0.39, 0.29) is 5.97 Å². The van der Waals surface area contributed by atoms with Crippen molar-refractivity contribution in [2.45, 2.75) is 25.7 Å². The summed E-state index contributed by atoms with van der Waals surface area (Å²) in [5.41, 5.74) is 1.67. The van der Waals surface area contributed by atoms with Gasteiger partial charge in [-0.1, -0.05) is 40.9 Å². The van der Waals surface area contributed by atoms with Gasteiger partial charge in [0.15, 0.2) is 0 Å². The van der Waals surface area contributed by atoms with Crippen molar-refractivity contribution in [1.29, 1.82) is 0 Å². The SMILES string of the molecule is COC(=O)C(CCCOc1ccc(Cl)c(C)c1)c1ccc(Cl)cc1Cl. The standard InChI is InChI=1S/C19H19Cl3O3/c1-12-10-14(6-8-17(12)21)25-9-3-4-16(19(23)24-2)15-7-5-13(20)11-18(15)22/h5-8,10-11,16H,3-4,9H2,1-2H3. The van der Waals surface area contributed by atoms with Crippen LogP contribution in [0.4, 0.5) is 0 Å². The van der Waals surface area contributed by atoms with Crippen molar-refractivity contribution in [3.8, 4) is 5.75 Å². The van der Waals surface area contributed by atoms with Gasteiger partial charge in [0.1, 0.15) is 5.75 Å². The van der Waals surface area contributed by atoms with Crippen molar-refractivity contribution in [2.24, 2.45) is 0 Å². The first-order chi connectivity index (χ1) is 11.9. The van der Waals surface area contributed by atoms with Gasteiger partial charge in [0.25, 0.3) is 0 Å². The van der Waals surface area contributed by atoms with Crippen LogP contribution in [0.3, 0.4) is 0 Å². The van der Waals surface area contributed by atoms with Crippen LogP contribution in [0.25, 0.3) is 0 Å². The number of esters is 1. The summed E-state index contributed by atoms with van der Waals surface area (Å²) in [5, 5.41) is 1.69. The van der Waals surface area contributed by atoms with Crippen LogP contribution in [0.15, 0.2) is 36.4 Å². The molecule has 1 unspecified atom stereocenters. The molecule has 0 fully saturated rings. The third-order valence-corrected chi connectivity index (χ3v) is 4.85. The van der Waals surface area contributed by atoms with Gasteiger partial charge in [-0.05, 0) is 61.2 Å². The summed E-state index contributed by atoms with van der Waals surface area (Å²) >= 11 is 18.2. The van der Waals surface area contributed by atoms with Gasteiger partial charge in [0.2, 0.25) is 0 Å². The lowest BCUT2D eigenvalue weighted by molar-refractivity contribution is -0.142. The van der Waals surface area contributed by atoms with E-state index in [2.05, 4.69) is 0 Å². The molecule has 0 N–H and O–H groups in total. The number of ether oxygens (including phenoxy) is 2. The number of halogens is 3. The second kappa shape index (κ2) is 9.33. The number of methoxy groups -OCH3 is 1. The van der Waals surface area contributed by atoms with Gasteiger partial charge in [0.05, 0.1) is 19.6 Å². The number of carbonyl (C=O) groups excluding carboxylic acids is 1. The highest BCUT2D eigenvalue weighted by Gasteiger charge is 2.23. The highest BCUT2D eigenvalue weighted by molar-refractivity contribution is 6.35. The summed E-state index contributed by atoms with van der Waals surface area (Å²) in [6.45, 7) is 2.39. The zero-order valence-electron chi connectivity index (χ0n) is 14.0. The first-order valence-electron chi connectivity index (χ1n) is 7.84. The summed E-state index contributed by atoms with van der Waals surface area (Å²) in [4.78, 5) is 12.1. The minimum absolute atomic E-state index is 0.327. The van der Waals surface area contributed by atoms with Crippen LogP contribution in [-0.4, -0.2) is 19.7 Å². The Morgan fingerprint density at radius 3 is 2.48 bits per heavy atom. The van der Waals surface area contributed by atoms with Crippen LogP contribution >= 0.6 is 34.8 Å². The van der Waals surface area contributed by atoms with E-state index in [1.165, 1.54) is 7.11 Å². The van der Waals surface area contributed by atoms with E-state index in [9.17, 15) is 4.79 Å². The predicted molar refractivity (Wildman–Crippen MR) is 102 cm³/mol. The highest BCUT2D eigenvalue weighted by Crippen LogP contribution is 2.31. The van der Waals surface area contributed by atoms with E-state index in [4.69, 9.17) is 44.3 Å². The number of rotatable bonds is 7. The summed E-state index contributed by atoms with van der Waals surface area (Å²) in [7, 11) is 1.37. The smallest absolute Gasteiger partial charge is 0.313 e. The molecule has 25 heavy (non-hydrogen) atoms. The molecule has 0 radical (unpaired) electrons. The van der Waals surface area contributed by atoms with Crippen LogP contribution in [0, 0.1) is 6.92 Å². The molecule has 0 saturated heterocycles. The molecule has 134 valence electrons. The average molecular weight is 402 g/mol. The quantitative estimate of drug-likeness (QED) is 0.417. The second-order valence-corrected chi connectivity index (χ2v) is 6.89. The van der Waals surface area contributed by atoms with Gasteiger partial charge in [0, 0.05) is 15.1 Å². The van der Waals surface area contributed by atoms with Gasteiger partial charge in [-0.15, -0.1) is 0 Å². The highest BCUT2D eigenvalue weighted by atomic mass is 35.5. The maximum absolute atomic E-state index is 12.1. The third kappa shape index (κ3) is 5.53. The minimum atomic E-state index is -0.453. The van der Waals surface area contributed by atoms with Crippen LogP contribution in [0.2, 0.25) is 15.1 Å². The number of benzene rings is 2. The van der Waals surface area contributed by atoms with Crippen LogP contribution < -0.4 is 4.74 Å². The number of carbonyl (C=O) groups is 1. The van der Waals surface area contributed by atoms with Crippen molar-refractivity contribution >= 4 is 40.8 Å². The first-order valence-corrected chi connectivity index (χ1v) is 8.97. The van der Waals surface area contributed by atoms with Crippen LogP contribution in [-0.2, 0) is 9.53 Å². The molecule has 0 aliphatic carbocycles. The number of hydrogen-bond acceptors (Lipinski definition) is 3. The molecule has 2 rings (SSSR count). The Bertz CT molecular complexity index is 747. The molecular formula is C19H19Cl3O3. The molecule has 0 saturated carbocycles. The lowest BCUT2D eigenvalue weighted by Gasteiger charge is -2.17. The Morgan fingerprint density at radius 1 is 1.08 bits per heavy atom. The third-order valence-electron chi connectivity index (χ3n) is 3.86. The zero-order valence-corrected chi connectivity index (χ0v) is 16.3. The molecule has 0 aliphatic rings. The van der Waals surface area contributed by atoms with Crippen LogP contribution in [0.5, 0.6) is 5.75 Å². The normalized spacial score (nSPS) is 11.9. The van der Waals surface area contributed by atoms with Gasteiger partial charge >= 0.3 is 5.97 Å². The number of aryl methyl sites for hydroxylation is 1. The fraction of sp³-hybridized carbons (Fsp3) is 0.316. The molecule has 6 heteroatoms. The van der Waals surface area contributed by atoms with E-state index in [1.807, 2.05) is 19.1 Å². The fourth-order valence-electron chi connectivity index (χ4n) is 2.51. The molecule has 0 bridgehead atoms. The first kappa shape index (κ1) is 19.9. The lowest BCUT2D eigenvalue weighted by Crippen LogP contribution is -2.16. The van der Waals surface area contributed by atoms with Crippen molar-refractivity contribution in [3.63, 3.8) is 0 Å². The Kier molecular flexibility index (Phi) is 7.42. The van der Waals surface area contributed by atoms with Gasteiger partial charge < -0.3 is 9.47 Å². The molecule has 0 spiro atoms. The minimum Gasteiger partial charge on any atom is -0.494 e. The van der Waals surface area contributed by atoms with E-state index in [1.54, 1.807) is 24.3 Å². The summed E-state index contributed by atoms with van der Waals surface area (Å²) in [5.74, 6) is -0.0297. The van der Waals surface area contributed by atoms with Crippen molar-refractivity contribution in [2.75, 3.05) is 13.7 Å². The van der Waals surface area contributed by atoms with E-state index < -0.39 is 5.92 Å². The van der Waals surface area contributed by atoms with Crippen LogP contribution in [0.1, 0.15) is 29.9 Å². The Hall–Kier alpha value is -1.42. The largest absolute Gasteiger partial charge is 0.494 e. The number of hydrogen-bond donors (Lipinski definition) is 0. The van der Waals surface area contributed by atoms with E-state index in [0.717, 1.165) is 11.3 Å². The Balaban J connectivity index is 1.98. The molecule has 1 atom stereocenters. The molecule has 2 aromatic rings. The van der Waals surface area contributed by atoms with Gasteiger partial charge in [-0.2, -0.15) is 0 Å². The van der Waals surface area contributed by atoms with Gasteiger partial charge in [-0.25, -0.2) is 0 Å². The average Bonchev–Trinajstić information content (AvgIpc) is 2.58. The summed E-state index contributed by atoms with van der Waals surface area (Å²) < 4.78 is 10.6. The molecule has 0 aliphatic heterocycles. The van der Waals surface area contributed by atoms with E-state index >= 15 is 0 Å². The maximum Gasteiger partial charge on any atom is 0.313 e. The fourth-order valence-corrected chi connectivity index (χ4v) is 3.17. The molecule has 3 nitrogen and oxygen atoms in total. The maximum atomic E-state index is 12.1. The topological polar surface area (TPSA) is 35.5 Å². The molecule has 0 amide bonds. The molecule has 2 aromatic carbocycles. The van der Waals surface area contributed by atoms with Crippen molar-refractivity contribution in [1.82, 2.24) is 0 Å². The Morgan fingerprint density at radius 2 is 1.84 bits per heavy atom. The van der Waals surface area contributed by atoms with E-state index in [0.29, 0.717) is 40.1 Å². The Labute approximate surface area is 162 Å². The van der Waals surface area contributed by atoms with Gasteiger partial charge in [-0.3, -0.25) is 4.79 Å². The monoisotopic (exact) mass is 400 g/mol. The van der Waals surface area contributed by atoms with Crippen molar-refractivity contribution in [3.05, 3.63) is 62.6 Å². The van der Waals surface area contributed by atoms with Crippen molar-refractivity contribution < 1.29 is 14.3 Å². The molecule has 0 aromatic heterocycles. The summed E-state index contributed by atoms with van der Waals surface area (Å²) in [6, 6.07) is 10.6. The second-order valence-electron chi connectivity index (χ2n) is 5.64.